The highest BCUT2D eigenvalue weighted by molar-refractivity contribution is 6.31. The number of carbonyl (C=O) groups is 1. The second kappa shape index (κ2) is 7.95. The molecule has 0 spiro atoms. The number of fused-ring (bicyclic) bond motifs is 1. The summed E-state index contributed by atoms with van der Waals surface area (Å²) in [6.45, 7) is 2.28. The zero-order valence-corrected chi connectivity index (χ0v) is 15.0. The van der Waals surface area contributed by atoms with Crippen LogP contribution in [-0.4, -0.2) is 19.4 Å². The summed E-state index contributed by atoms with van der Waals surface area (Å²) < 4.78 is 21.4. The second-order valence-electron chi connectivity index (χ2n) is 5.52. The van der Waals surface area contributed by atoms with Gasteiger partial charge in [-0.05, 0) is 42.8 Å². The Morgan fingerprint density at radius 1 is 1.24 bits per heavy atom. The molecule has 1 aliphatic heterocycles. The summed E-state index contributed by atoms with van der Waals surface area (Å²) in [4.78, 5) is 11.9. The first kappa shape index (κ1) is 17.9. The van der Waals surface area contributed by atoms with Crippen molar-refractivity contribution < 1.29 is 23.7 Å². The van der Waals surface area contributed by atoms with Crippen LogP contribution in [0.3, 0.4) is 0 Å². The molecule has 132 valence electrons. The predicted octanol–water partition coefficient (Wildman–Crippen LogP) is 4.29. The molecule has 5 nitrogen and oxygen atoms in total. The van der Waals surface area contributed by atoms with Gasteiger partial charge in [0, 0.05) is 21.2 Å². The van der Waals surface area contributed by atoms with Gasteiger partial charge in [0.15, 0.2) is 13.4 Å². The van der Waals surface area contributed by atoms with Gasteiger partial charge >= 0.3 is 5.97 Å². The van der Waals surface area contributed by atoms with E-state index < -0.39 is 5.97 Å². The molecule has 7 heteroatoms. The molecule has 3 rings (SSSR count). The normalized spacial score (nSPS) is 12.9. The van der Waals surface area contributed by atoms with Crippen LogP contribution < -0.4 is 9.47 Å². The number of halogens is 2. The number of carbonyl (C=O) groups excluding carboxylic acids is 1. The van der Waals surface area contributed by atoms with Crippen LogP contribution in [0, 0.1) is 6.92 Å². The standard InChI is InChI=1S/C18H16Cl2O5/c1-11-4-15(2-3-16(11)20)23-9-17(21)24-8-13-6-14(19)5-12-7-22-10-25-18(12)13/h2-6H,7-10H2,1H3. The molecule has 0 aromatic heterocycles. The van der Waals surface area contributed by atoms with Gasteiger partial charge in [-0.2, -0.15) is 0 Å². The van der Waals surface area contributed by atoms with E-state index in [9.17, 15) is 4.79 Å². The third-order valence-electron chi connectivity index (χ3n) is 3.63. The summed E-state index contributed by atoms with van der Waals surface area (Å²) in [7, 11) is 0. The van der Waals surface area contributed by atoms with Crippen LogP contribution in [0.5, 0.6) is 11.5 Å². The summed E-state index contributed by atoms with van der Waals surface area (Å²) in [5.74, 6) is 0.713. The molecule has 0 radical (unpaired) electrons. The topological polar surface area (TPSA) is 54.0 Å². The monoisotopic (exact) mass is 382 g/mol. The Balaban J connectivity index is 1.57. The molecule has 0 fully saturated rings. The minimum Gasteiger partial charge on any atom is -0.482 e. The Morgan fingerprint density at radius 2 is 2.08 bits per heavy atom. The van der Waals surface area contributed by atoms with Crippen molar-refractivity contribution >= 4 is 29.2 Å². The first-order chi connectivity index (χ1) is 12.0. The van der Waals surface area contributed by atoms with E-state index in [0.717, 1.165) is 11.1 Å². The van der Waals surface area contributed by atoms with Gasteiger partial charge in [0.05, 0.1) is 6.61 Å². The van der Waals surface area contributed by atoms with Gasteiger partial charge < -0.3 is 18.9 Å². The van der Waals surface area contributed by atoms with Crippen molar-refractivity contribution in [1.82, 2.24) is 0 Å². The molecule has 0 N–H and O–H groups in total. The largest absolute Gasteiger partial charge is 0.482 e. The molecule has 25 heavy (non-hydrogen) atoms. The molecular formula is C18H16Cl2O5. The van der Waals surface area contributed by atoms with Gasteiger partial charge in [-0.3, -0.25) is 0 Å². The fourth-order valence-corrected chi connectivity index (χ4v) is 2.79. The molecule has 0 saturated heterocycles. The lowest BCUT2D eigenvalue weighted by Crippen LogP contribution is -2.17. The first-order valence-corrected chi connectivity index (χ1v) is 8.35. The second-order valence-corrected chi connectivity index (χ2v) is 6.37. The number of rotatable bonds is 5. The smallest absolute Gasteiger partial charge is 0.344 e. The number of benzene rings is 2. The fourth-order valence-electron chi connectivity index (χ4n) is 2.41. The number of hydrogen-bond donors (Lipinski definition) is 0. The van der Waals surface area contributed by atoms with Gasteiger partial charge in [-0.25, -0.2) is 4.79 Å². The molecule has 0 bridgehead atoms. The zero-order chi connectivity index (χ0) is 17.8. The quantitative estimate of drug-likeness (QED) is 0.721. The van der Waals surface area contributed by atoms with Crippen LogP contribution in [0.4, 0.5) is 0 Å². The summed E-state index contributed by atoms with van der Waals surface area (Å²) in [6, 6.07) is 8.66. The van der Waals surface area contributed by atoms with E-state index in [1.165, 1.54) is 0 Å². The van der Waals surface area contributed by atoms with E-state index in [4.69, 9.17) is 42.1 Å². The highest BCUT2D eigenvalue weighted by Gasteiger charge is 2.17. The van der Waals surface area contributed by atoms with Crippen LogP contribution in [0.25, 0.3) is 0 Å². The van der Waals surface area contributed by atoms with Crippen molar-refractivity contribution in [3.8, 4) is 11.5 Å². The lowest BCUT2D eigenvalue weighted by Gasteiger charge is -2.21. The van der Waals surface area contributed by atoms with E-state index in [2.05, 4.69) is 0 Å². The van der Waals surface area contributed by atoms with Gasteiger partial charge in [0.1, 0.15) is 18.1 Å². The van der Waals surface area contributed by atoms with Crippen LogP contribution >= 0.6 is 23.2 Å². The van der Waals surface area contributed by atoms with E-state index >= 15 is 0 Å². The highest BCUT2D eigenvalue weighted by atomic mass is 35.5. The highest BCUT2D eigenvalue weighted by Crippen LogP contribution is 2.32. The van der Waals surface area contributed by atoms with Crippen molar-refractivity contribution in [2.45, 2.75) is 20.1 Å². The molecule has 0 atom stereocenters. The SMILES string of the molecule is Cc1cc(OCC(=O)OCc2cc(Cl)cc3c2OCOC3)ccc1Cl. The van der Waals surface area contributed by atoms with Crippen molar-refractivity contribution in [1.29, 1.82) is 0 Å². The maximum Gasteiger partial charge on any atom is 0.344 e. The maximum absolute atomic E-state index is 11.9. The van der Waals surface area contributed by atoms with Crippen molar-refractivity contribution in [3.63, 3.8) is 0 Å². The molecular weight excluding hydrogens is 367 g/mol. The van der Waals surface area contributed by atoms with Crippen molar-refractivity contribution in [3.05, 3.63) is 57.1 Å². The van der Waals surface area contributed by atoms with Crippen LogP contribution in [0.2, 0.25) is 10.0 Å². The lowest BCUT2D eigenvalue weighted by atomic mass is 10.1. The van der Waals surface area contributed by atoms with Crippen molar-refractivity contribution in [2.75, 3.05) is 13.4 Å². The summed E-state index contributed by atoms with van der Waals surface area (Å²) in [5.41, 5.74) is 2.40. The zero-order valence-electron chi connectivity index (χ0n) is 13.5. The van der Waals surface area contributed by atoms with Gasteiger partial charge in [0.2, 0.25) is 0 Å². The van der Waals surface area contributed by atoms with E-state index in [0.29, 0.717) is 33.7 Å². The molecule has 0 unspecified atom stereocenters. The molecule has 2 aromatic carbocycles. The van der Waals surface area contributed by atoms with Gasteiger partial charge in [-0.1, -0.05) is 23.2 Å². The number of aryl methyl sites for hydroxylation is 1. The van der Waals surface area contributed by atoms with E-state index in [1.807, 2.05) is 6.92 Å². The third kappa shape index (κ3) is 4.57. The molecule has 0 aliphatic carbocycles. The summed E-state index contributed by atoms with van der Waals surface area (Å²) in [6.07, 6.45) is 0. The van der Waals surface area contributed by atoms with Crippen molar-refractivity contribution in [2.24, 2.45) is 0 Å². The Morgan fingerprint density at radius 3 is 2.88 bits per heavy atom. The molecule has 0 amide bonds. The Kier molecular flexibility index (Phi) is 5.68. The molecule has 2 aromatic rings. The molecule has 0 saturated carbocycles. The minimum absolute atomic E-state index is 0.0464. The average Bonchev–Trinajstić information content (AvgIpc) is 2.60. The average molecular weight is 383 g/mol. The first-order valence-electron chi connectivity index (χ1n) is 7.59. The fraction of sp³-hybridized carbons (Fsp3) is 0.278. The number of hydrogen-bond acceptors (Lipinski definition) is 5. The van der Waals surface area contributed by atoms with Crippen LogP contribution in [-0.2, 0) is 27.5 Å². The van der Waals surface area contributed by atoms with Crippen LogP contribution in [0.15, 0.2) is 30.3 Å². The Labute approximate surface area is 155 Å². The molecule has 1 heterocycles. The Bertz CT molecular complexity index is 791. The Hall–Kier alpha value is -1.95. The van der Waals surface area contributed by atoms with Gasteiger partial charge in [-0.15, -0.1) is 0 Å². The minimum atomic E-state index is -0.492. The van der Waals surface area contributed by atoms with Gasteiger partial charge in [0.25, 0.3) is 0 Å². The summed E-state index contributed by atoms with van der Waals surface area (Å²) in [5, 5.41) is 1.18. The number of esters is 1. The molecule has 1 aliphatic rings. The third-order valence-corrected chi connectivity index (χ3v) is 4.27. The number of ether oxygens (including phenoxy) is 4. The summed E-state index contributed by atoms with van der Waals surface area (Å²) >= 11 is 12.0. The van der Waals surface area contributed by atoms with E-state index in [1.54, 1.807) is 30.3 Å². The van der Waals surface area contributed by atoms with E-state index in [-0.39, 0.29) is 20.0 Å². The van der Waals surface area contributed by atoms with Crippen LogP contribution in [0.1, 0.15) is 16.7 Å². The maximum atomic E-state index is 11.9. The predicted molar refractivity (Wildman–Crippen MR) is 93.2 cm³/mol. The lowest BCUT2D eigenvalue weighted by molar-refractivity contribution is -0.147.